The van der Waals surface area contributed by atoms with Crippen molar-refractivity contribution < 1.29 is 4.79 Å². The number of hydrogen-bond acceptors (Lipinski definition) is 4. The first-order chi connectivity index (χ1) is 12.2. The van der Waals surface area contributed by atoms with E-state index in [1.54, 1.807) is 10.9 Å². The molecule has 0 aliphatic rings. The minimum atomic E-state index is -0.0758. The molecule has 1 N–H and O–H groups in total. The standard InChI is InChI=1S/C18H21N5OS/c1-3-10-22-11-9-19-18(22)25-13-17(24)20-16-12-14(2)21-23(16)15-7-5-4-6-8-15/h4-9,11-12H,3,10,13H2,1-2H3,(H,20,24). The van der Waals surface area contributed by atoms with Crippen LogP contribution in [0.1, 0.15) is 19.0 Å². The molecule has 0 fully saturated rings. The highest BCUT2D eigenvalue weighted by Crippen LogP contribution is 2.19. The lowest BCUT2D eigenvalue weighted by Gasteiger charge is -2.09. The largest absolute Gasteiger partial charge is 0.326 e. The normalized spacial score (nSPS) is 10.8. The molecule has 2 aromatic heterocycles. The van der Waals surface area contributed by atoms with Crippen LogP contribution in [0.2, 0.25) is 0 Å². The number of nitrogens with zero attached hydrogens (tertiary/aromatic N) is 4. The molecule has 6 nitrogen and oxygen atoms in total. The number of anilines is 1. The Morgan fingerprint density at radius 1 is 1.28 bits per heavy atom. The van der Waals surface area contributed by atoms with Gasteiger partial charge in [-0.1, -0.05) is 36.9 Å². The number of aromatic nitrogens is 4. The van der Waals surface area contributed by atoms with Gasteiger partial charge in [-0.25, -0.2) is 9.67 Å². The first-order valence-corrected chi connectivity index (χ1v) is 9.22. The van der Waals surface area contributed by atoms with E-state index in [-0.39, 0.29) is 5.91 Å². The van der Waals surface area contributed by atoms with Crippen LogP contribution in [0.3, 0.4) is 0 Å². The number of thioether (sulfide) groups is 1. The maximum Gasteiger partial charge on any atom is 0.236 e. The summed E-state index contributed by atoms with van der Waals surface area (Å²) < 4.78 is 3.81. The summed E-state index contributed by atoms with van der Waals surface area (Å²) in [5.41, 5.74) is 1.77. The highest BCUT2D eigenvalue weighted by Gasteiger charge is 2.12. The fraction of sp³-hybridized carbons (Fsp3) is 0.278. The van der Waals surface area contributed by atoms with E-state index in [2.05, 4.69) is 26.9 Å². The van der Waals surface area contributed by atoms with Crippen LogP contribution in [-0.4, -0.2) is 31.0 Å². The fourth-order valence-electron chi connectivity index (χ4n) is 2.51. The van der Waals surface area contributed by atoms with Gasteiger partial charge in [-0.2, -0.15) is 5.10 Å². The molecule has 0 radical (unpaired) electrons. The summed E-state index contributed by atoms with van der Waals surface area (Å²) >= 11 is 1.44. The zero-order chi connectivity index (χ0) is 17.6. The molecule has 3 rings (SSSR count). The molecule has 2 heterocycles. The molecule has 0 saturated heterocycles. The number of aryl methyl sites for hydroxylation is 2. The fourth-order valence-corrected chi connectivity index (χ4v) is 3.30. The second-order valence-electron chi connectivity index (χ2n) is 5.66. The molecule has 1 amide bonds. The summed E-state index contributed by atoms with van der Waals surface area (Å²) in [5.74, 6) is 0.902. The van der Waals surface area contributed by atoms with Crippen molar-refractivity contribution >= 4 is 23.5 Å². The van der Waals surface area contributed by atoms with Crippen LogP contribution in [0.15, 0.2) is 53.9 Å². The highest BCUT2D eigenvalue weighted by molar-refractivity contribution is 7.99. The van der Waals surface area contributed by atoms with E-state index in [4.69, 9.17) is 0 Å². The average molecular weight is 355 g/mol. The third kappa shape index (κ3) is 4.30. The molecule has 1 aromatic carbocycles. The van der Waals surface area contributed by atoms with Gasteiger partial charge in [-0.15, -0.1) is 0 Å². The summed E-state index contributed by atoms with van der Waals surface area (Å²) in [4.78, 5) is 16.7. The Morgan fingerprint density at radius 3 is 2.84 bits per heavy atom. The van der Waals surface area contributed by atoms with E-state index < -0.39 is 0 Å². The smallest absolute Gasteiger partial charge is 0.236 e. The maximum absolute atomic E-state index is 12.4. The van der Waals surface area contributed by atoms with Crippen molar-refractivity contribution in [3.8, 4) is 5.69 Å². The van der Waals surface area contributed by atoms with Crippen LogP contribution in [0, 0.1) is 6.92 Å². The van der Waals surface area contributed by atoms with Crippen molar-refractivity contribution in [1.82, 2.24) is 19.3 Å². The van der Waals surface area contributed by atoms with Crippen LogP contribution in [0.25, 0.3) is 5.69 Å². The summed E-state index contributed by atoms with van der Waals surface area (Å²) in [6, 6.07) is 11.6. The van der Waals surface area contributed by atoms with Gasteiger partial charge in [0.05, 0.1) is 17.1 Å². The van der Waals surface area contributed by atoms with E-state index in [1.807, 2.05) is 49.5 Å². The molecule has 130 valence electrons. The van der Waals surface area contributed by atoms with Crippen molar-refractivity contribution in [3.63, 3.8) is 0 Å². The molecule has 0 unspecified atom stereocenters. The first-order valence-electron chi connectivity index (χ1n) is 8.23. The molecule has 0 aliphatic carbocycles. The summed E-state index contributed by atoms with van der Waals surface area (Å²) in [6.45, 7) is 4.93. The minimum Gasteiger partial charge on any atom is -0.326 e. The monoisotopic (exact) mass is 355 g/mol. The first kappa shape index (κ1) is 17.3. The van der Waals surface area contributed by atoms with Gasteiger partial charge in [0.2, 0.25) is 5.91 Å². The predicted molar refractivity (Wildman–Crippen MR) is 100 cm³/mol. The number of benzene rings is 1. The molecule has 0 spiro atoms. The van der Waals surface area contributed by atoms with Crippen LogP contribution >= 0.6 is 11.8 Å². The number of hydrogen-bond donors (Lipinski definition) is 1. The second kappa shape index (κ2) is 8.02. The van der Waals surface area contributed by atoms with Gasteiger partial charge < -0.3 is 9.88 Å². The molecule has 0 bridgehead atoms. The van der Waals surface area contributed by atoms with E-state index in [9.17, 15) is 4.79 Å². The van der Waals surface area contributed by atoms with Gasteiger partial charge in [0.1, 0.15) is 5.82 Å². The van der Waals surface area contributed by atoms with Crippen LogP contribution in [0.4, 0.5) is 5.82 Å². The molecule has 7 heteroatoms. The molecule has 0 aliphatic heterocycles. The Hall–Kier alpha value is -2.54. The van der Waals surface area contributed by atoms with Gasteiger partial charge in [-0.05, 0) is 25.5 Å². The maximum atomic E-state index is 12.4. The zero-order valence-electron chi connectivity index (χ0n) is 14.3. The Bertz CT molecular complexity index is 840. The van der Waals surface area contributed by atoms with Crippen molar-refractivity contribution in [2.24, 2.45) is 0 Å². The van der Waals surface area contributed by atoms with Gasteiger partial charge in [0.15, 0.2) is 5.16 Å². The SMILES string of the molecule is CCCn1ccnc1SCC(=O)Nc1cc(C)nn1-c1ccccc1. The molecule has 3 aromatic rings. The van der Waals surface area contributed by atoms with Gasteiger partial charge in [0.25, 0.3) is 0 Å². The lowest BCUT2D eigenvalue weighted by molar-refractivity contribution is -0.113. The van der Waals surface area contributed by atoms with Crippen molar-refractivity contribution in [1.29, 1.82) is 0 Å². The molecular weight excluding hydrogens is 334 g/mol. The molecule has 0 atom stereocenters. The Balaban J connectivity index is 1.66. The quantitative estimate of drug-likeness (QED) is 0.659. The van der Waals surface area contributed by atoms with Crippen LogP contribution < -0.4 is 5.32 Å². The lowest BCUT2D eigenvalue weighted by atomic mass is 10.3. The molecular formula is C18H21N5OS. The van der Waals surface area contributed by atoms with Gasteiger partial charge >= 0.3 is 0 Å². The highest BCUT2D eigenvalue weighted by atomic mass is 32.2. The third-order valence-electron chi connectivity index (χ3n) is 3.57. The lowest BCUT2D eigenvalue weighted by Crippen LogP contribution is -2.17. The number of amides is 1. The van der Waals surface area contributed by atoms with Gasteiger partial charge in [0, 0.05) is 25.0 Å². The summed E-state index contributed by atoms with van der Waals surface area (Å²) in [6.07, 6.45) is 4.74. The molecule has 25 heavy (non-hydrogen) atoms. The number of para-hydroxylation sites is 1. The zero-order valence-corrected chi connectivity index (χ0v) is 15.2. The number of imidazole rings is 1. The minimum absolute atomic E-state index is 0.0758. The predicted octanol–water partition coefficient (Wildman–Crippen LogP) is 3.52. The Morgan fingerprint density at radius 2 is 2.08 bits per heavy atom. The molecule has 0 saturated carbocycles. The van der Waals surface area contributed by atoms with Gasteiger partial charge in [-0.3, -0.25) is 4.79 Å². The average Bonchev–Trinajstić information content (AvgIpc) is 3.20. The van der Waals surface area contributed by atoms with E-state index in [1.165, 1.54) is 11.8 Å². The number of nitrogens with one attached hydrogen (secondary N) is 1. The topological polar surface area (TPSA) is 64.7 Å². The Kier molecular flexibility index (Phi) is 5.55. The third-order valence-corrected chi connectivity index (χ3v) is 4.58. The summed E-state index contributed by atoms with van der Waals surface area (Å²) in [5, 5.41) is 8.27. The van der Waals surface area contributed by atoms with E-state index >= 15 is 0 Å². The number of carbonyl (C=O) groups is 1. The number of carbonyl (C=O) groups excluding carboxylic acids is 1. The Labute approximate surface area is 151 Å². The summed E-state index contributed by atoms with van der Waals surface area (Å²) in [7, 11) is 0. The van der Waals surface area contributed by atoms with Crippen molar-refractivity contribution in [2.45, 2.75) is 32.0 Å². The second-order valence-corrected chi connectivity index (χ2v) is 6.60. The van der Waals surface area contributed by atoms with Crippen molar-refractivity contribution in [2.75, 3.05) is 11.1 Å². The van der Waals surface area contributed by atoms with E-state index in [0.717, 1.165) is 29.5 Å². The van der Waals surface area contributed by atoms with Crippen molar-refractivity contribution in [3.05, 3.63) is 54.5 Å². The van der Waals surface area contributed by atoms with E-state index in [0.29, 0.717) is 11.6 Å². The number of rotatable bonds is 7. The van der Waals surface area contributed by atoms with Crippen LogP contribution in [-0.2, 0) is 11.3 Å². The van der Waals surface area contributed by atoms with Crippen LogP contribution in [0.5, 0.6) is 0 Å².